The fourth-order valence-corrected chi connectivity index (χ4v) is 2.33. The van der Waals surface area contributed by atoms with Crippen LogP contribution in [0.15, 0.2) is 34.3 Å². The zero-order chi connectivity index (χ0) is 13.7. The fourth-order valence-electron chi connectivity index (χ4n) is 1.33. The van der Waals surface area contributed by atoms with Gasteiger partial charge in [-0.15, -0.1) is 0 Å². The number of hydrogen-bond donors (Lipinski definition) is 1. The maximum atomic E-state index is 13.1. The molecule has 0 bridgehead atoms. The molecule has 1 aromatic heterocycles. The molecule has 0 spiro atoms. The lowest BCUT2D eigenvalue weighted by molar-refractivity contribution is 0.624. The molecule has 2 rings (SSSR count). The smallest absolute Gasteiger partial charge is 0.228 e. The maximum Gasteiger partial charge on any atom is 0.228 e. The van der Waals surface area contributed by atoms with Gasteiger partial charge in [0, 0.05) is 11.4 Å². The first-order valence-corrected chi connectivity index (χ1v) is 6.95. The highest BCUT2D eigenvalue weighted by Crippen LogP contribution is 2.26. The van der Waals surface area contributed by atoms with Crippen molar-refractivity contribution in [3.63, 3.8) is 0 Å². The van der Waals surface area contributed by atoms with E-state index in [1.54, 1.807) is 12.1 Å². The number of nitrogens with one attached hydrogen (secondary N) is 1. The van der Waals surface area contributed by atoms with Crippen molar-refractivity contribution in [1.29, 1.82) is 0 Å². The largest absolute Gasteiger partial charge is 0.354 e. The van der Waals surface area contributed by atoms with Crippen molar-refractivity contribution in [3.8, 4) is 0 Å². The molecule has 0 saturated heterocycles. The van der Waals surface area contributed by atoms with Gasteiger partial charge in [-0.3, -0.25) is 0 Å². The van der Waals surface area contributed by atoms with E-state index in [2.05, 4.69) is 20.3 Å². The molecular formula is C12H12ClFN4S. The third kappa shape index (κ3) is 4.33. The molecule has 0 amide bonds. The summed E-state index contributed by atoms with van der Waals surface area (Å²) < 4.78 is 13.1. The van der Waals surface area contributed by atoms with E-state index in [0.29, 0.717) is 16.0 Å². The van der Waals surface area contributed by atoms with Gasteiger partial charge in [0.15, 0.2) is 5.16 Å². The second kappa shape index (κ2) is 6.68. The van der Waals surface area contributed by atoms with Crippen LogP contribution in [0.3, 0.4) is 0 Å². The highest BCUT2D eigenvalue weighted by molar-refractivity contribution is 7.99. The third-order valence-electron chi connectivity index (χ3n) is 2.13. The van der Waals surface area contributed by atoms with E-state index in [1.165, 1.54) is 23.9 Å². The number of benzene rings is 1. The minimum Gasteiger partial charge on any atom is -0.354 e. The van der Waals surface area contributed by atoms with Crippen LogP contribution < -0.4 is 5.32 Å². The van der Waals surface area contributed by atoms with Crippen molar-refractivity contribution in [3.05, 3.63) is 35.4 Å². The quantitative estimate of drug-likeness (QED) is 0.913. The second-order valence-corrected chi connectivity index (χ2v) is 5.08. The minimum absolute atomic E-state index is 0.118. The molecule has 4 nitrogen and oxygen atoms in total. The molecule has 7 heteroatoms. The molecule has 1 heterocycles. The lowest BCUT2D eigenvalue weighted by Crippen LogP contribution is -2.06. The normalized spacial score (nSPS) is 10.5. The van der Waals surface area contributed by atoms with E-state index in [4.69, 9.17) is 11.6 Å². The Bertz CT molecular complexity index is 567. The van der Waals surface area contributed by atoms with Crippen LogP contribution in [0.25, 0.3) is 0 Å². The van der Waals surface area contributed by atoms with Crippen molar-refractivity contribution in [2.24, 2.45) is 0 Å². The summed E-state index contributed by atoms with van der Waals surface area (Å²) in [7, 11) is 0. The van der Waals surface area contributed by atoms with Gasteiger partial charge in [-0.25, -0.2) is 4.39 Å². The molecule has 1 aromatic carbocycles. The van der Waals surface area contributed by atoms with E-state index in [0.717, 1.165) is 13.0 Å². The standard InChI is InChI=1S/C12H12ClFN4S/c1-2-6-15-11-16-10(13)17-12(18-11)19-9-5-3-4-8(14)7-9/h3-5,7H,2,6H2,1H3,(H,15,16,17,18). The molecule has 0 saturated carbocycles. The molecule has 1 N–H and O–H groups in total. The summed E-state index contributed by atoms with van der Waals surface area (Å²) >= 11 is 7.07. The molecule has 0 unspecified atom stereocenters. The fraction of sp³-hybridized carbons (Fsp3) is 0.250. The zero-order valence-electron chi connectivity index (χ0n) is 10.2. The summed E-state index contributed by atoms with van der Waals surface area (Å²) in [5.41, 5.74) is 0. The Hall–Kier alpha value is -1.40. The number of hydrogen-bond acceptors (Lipinski definition) is 5. The van der Waals surface area contributed by atoms with Crippen LogP contribution in [0.5, 0.6) is 0 Å². The lowest BCUT2D eigenvalue weighted by atomic mass is 10.4. The van der Waals surface area contributed by atoms with Crippen molar-refractivity contribution >= 4 is 29.3 Å². The third-order valence-corrected chi connectivity index (χ3v) is 3.15. The van der Waals surface area contributed by atoms with Crippen LogP contribution in [-0.2, 0) is 0 Å². The molecule has 0 radical (unpaired) electrons. The maximum absolute atomic E-state index is 13.1. The number of halogens is 2. The van der Waals surface area contributed by atoms with Crippen molar-refractivity contribution in [1.82, 2.24) is 15.0 Å². The minimum atomic E-state index is -0.297. The van der Waals surface area contributed by atoms with Gasteiger partial charge >= 0.3 is 0 Å². The Kier molecular flexibility index (Phi) is 4.93. The SMILES string of the molecule is CCCNc1nc(Cl)nc(Sc2cccc(F)c2)n1. The first kappa shape index (κ1) is 14.0. The van der Waals surface area contributed by atoms with Gasteiger partial charge in [0.1, 0.15) is 5.82 Å². The Balaban J connectivity index is 2.17. The van der Waals surface area contributed by atoms with Crippen LogP contribution in [-0.4, -0.2) is 21.5 Å². The Morgan fingerprint density at radius 2 is 2.16 bits per heavy atom. The molecule has 0 fully saturated rings. The van der Waals surface area contributed by atoms with Crippen molar-refractivity contribution in [2.45, 2.75) is 23.4 Å². The van der Waals surface area contributed by atoms with Crippen LogP contribution >= 0.6 is 23.4 Å². The molecule has 0 aliphatic carbocycles. The summed E-state index contributed by atoms with van der Waals surface area (Å²) in [6.45, 7) is 2.79. The van der Waals surface area contributed by atoms with Gasteiger partial charge in [0.25, 0.3) is 0 Å². The van der Waals surface area contributed by atoms with E-state index in [-0.39, 0.29) is 11.1 Å². The first-order valence-electron chi connectivity index (χ1n) is 5.76. The summed E-state index contributed by atoms with van der Waals surface area (Å²) in [4.78, 5) is 12.9. The highest BCUT2D eigenvalue weighted by atomic mass is 35.5. The predicted molar refractivity (Wildman–Crippen MR) is 74.1 cm³/mol. The van der Waals surface area contributed by atoms with E-state index < -0.39 is 0 Å². The monoisotopic (exact) mass is 298 g/mol. The lowest BCUT2D eigenvalue weighted by Gasteiger charge is -2.05. The van der Waals surface area contributed by atoms with E-state index in [1.807, 2.05) is 6.92 Å². The Morgan fingerprint density at radius 3 is 2.89 bits per heavy atom. The van der Waals surface area contributed by atoms with Gasteiger partial charge in [0.05, 0.1) is 0 Å². The number of nitrogens with zero attached hydrogens (tertiary/aromatic N) is 3. The van der Waals surface area contributed by atoms with Crippen molar-refractivity contribution < 1.29 is 4.39 Å². The van der Waals surface area contributed by atoms with Gasteiger partial charge in [-0.2, -0.15) is 15.0 Å². The second-order valence-electron chi connectivity index (χ2n) is 3.70. The average Bonchev–Trinajstić information content (AvgIpc) is 2.35. The predicted octanol–water partition coefficient (Wildman–Crippen LogP) is 3.64. The van der Waals surface area contributed by atoms with Crippen LogP contribution in [0.2, 0.25) is 5.28 Å². The van der Waals surface area contributed by atoms with Gasteiger partial charge < -0.3 is 5.32 Å². The molecule has 0 aliphatic heterocycles. The van der Waals surface area contributed by atoms with Gasteiger partial charge in [-0.1, -0.05) is 13.0 Å². The summed E-state index contributed by atoms with van der Waals surface area (Å²) in [6.07, 6.45) is 0.954. The zero-order valence-corrected chi connectivity index (χ0v) is 11.8. The molecule has 19 heavy (non-hydrogen) atoms. The van der Waals surface area contributed by atoms with Gasteiger partial charge in [-0.05, 0) is 48.0 Å². The van der Waals surface area contributed by atoms with Gasteiger partial charge in [0.2, 0.25) is 11.2 Å². The Labute approximate surface area is 119 Å². The summed E-state index contributed by atoms with van der Waals surface area (Å²) in [5, 5.41) is 3.59. The van der Waals surface area contributed by atoms with E-state index in [9.17, 15) is 4.39 Å². The molecule has 2 aromatic rings. The summed E-state index contributed by atoms with van der Waals surface area (Å²) in [6, 6.07) is 6.22. The van der Waals surface area contributed by atoms with Crippen molar-refractivity contribution in [2.75, 3.05) is 11.9 Å². The molecule has 100 valence electrons. The first-order chi connectivity index (χ1) is 9.17. The summed E-state index contributed by atoms with van der Waals surface area (Å²) in [5.74, 6) is 0.134. The van der Waals surface area contributed by atoms with Crippen LogP contribution in [0.4, 0.5) is 10.3 Å². The van der Waals surface area contributed by atoms with E-state index >= 15 is 0 Å². The average molecular weight is 299 g/mol. The molecular weight excluding hydrogens is 287 g/mol. The Morgan fingerprint density at radius 1 is 1.32 bits per heavy atom. The number of anilines is 1. The van der Waals surface area contributed by atoms with Crippen LogP contribution in [0, 0.1) is 5.82 Å². The highest BCUT2D eigenvalue weighted by Gasteiger charge is 2.07. The number of aromatic nitrogens is 3. The van der Waals surface area contributed by atoms with Crippen LogP contribution in [0.1, 0.15) is 13.3 Å². The molecule has 0 atom stereocenters. The molecule has 0 aliphatic rings. The topological polar surface area (TPSA) is 50.7 Å². The number of rotatable bonds is 5.